The number of methoxy groups -OCH3 is 1. The van der Waals surface area contributed by atoms with E-state index in [1.54, 1.807) is 7.11 Å². The number of hydrogen-bond donors (Lipinski definition) is 1. The molecule has 0 atom stereocenters. The van der Waals surface area contributed by atoms with Crippen molar-refractivity contribution < 1.29 is 4.74 Å². The van der Waals surface area contributed by atoms with Crippen molar-refractivity contribution in [2.45, 2.75) is 39.2 Å². The zero-order valence-electron chi connectivity index (χ0n) is 18.8. The third kappa shape index (κ3) is 5.68. The molecule has 0 bridgehead atoms. The summed E-state index contributed by atoms with van der Waals surface area (Å²) in [6, 6.07) is 15.9. The number of allylic oxidation sites excluding steroid dienone is 1. The van der Waals surface area contributed by atoms with Gasteiger partial charge in [0.05, 0.1) is 25.5 Å². The Balaban J connectivity index is 1.72. The molecule has 0 spiro atoms. The number of nitrogens with zero attached hydrogens (tertiary/aromatic N) is 5. The van der Waals surface area contributed by atoms with Crippen molar-refractivity contribution in [1.82, 2.24) is 30.2 Å². The lowest BCUT2D eigenvalue weighted by Crippen LogP contribution is -2.08. The number of aromatic amines is 1. The lowest BCUT2D eigenvalue weighted by atomic mass is 10.0. The number of imidazole rings is 1. The standard InChI is InChI=1S/C25H27ClN6O/c1-3-4-9-24-27-16-21(32(24)17-19-7-5-6-8-23(19)26)15-20(25-28-30-31-29-25)14-18-10-12-22(33-2)13-11-18/h5-8,10-13,15-16H,3-4,9,14,17H2,1-2H3,(H,28,29,30,31)/b20-15+. The van der Waals surface area contributed by atoms with Crippen molar-refractivity contribution in [3.05, 3.63) is 88.2 Å². The minimum atomic E-state index is 0.561. The van der Waals surface area contributed by atoms with Gasteiger partial charge >= 0.3 is 0 Å². The van der Waals surface area contributed by atoms with Crippen LogP contribution >= 0.6 is 11.6 Å². The Kier molecular flexibility index (Phi) is 7.52. The van der Waals surface area contributed by atoms with E-state index in [4.69, 9.17) is 21.3 Å². The maximum atomic E-state index is 6.48. The van der Waals surface area contributed by atoms with Gasteiger partial charge in [-0.25, -0.2) is 4.98 Å². The fraction of sp³-hybridized carbons (Fsp3) is 0.280. The van der Waals surface area contributed by atoms with E-state index in [2.05, 4.69) is 44.3 Å². The molecule has 0 aliphatic carbocycles. The van der Waals surface area contributed by atoms with Crippen molar-refractivity contribution >= 4 is 23.3 Å². The molecule has 0 aliphatic rings. The number of tetrazole rings is 1. The van der Waals surface area contributed by atoms with Crippen LogP contribution in [0.15, 0.2) is 54.7 Å². The fourth-order valence-corrected chi connectivity index (χ4v) is 3.89. The number of ether oxygens (including phenoxy) is 1. The van der Waals surface area contributed by atoms with Crippen LogP contribution in [0.3, 0.4) is 0 Å². The van der Waals surface area contributed by atoms with Crippen LogP contribution in [0.2, 0.25) is 5.02 Å². The average Bonchev–Trinajstić information content (AvgIpc) is 3.50. The summed E-state index contributed by atoms with van der Waals surface area (Å²) in [6.45, 7) is 2.83. The summed E-state index contributed by atoms with van der Waals surface area (Å²) in [5, 5.41) is 15.5. The summed E-state index contributed by atoms with van der Waals surface area (Å²) >= 11 is 6.48. The van der Waals surface area contributed by atoms with Gasteiger partial charge in [-0.05, 0) is 47.0 Å². The second-order valence-corrected chi connectivity index (χ2v) is 8.22. The quantitative estimate of drug-likeness (QED) is 0.349. The molecule has 0 fully saturated rings. The summed E-state index contributed by atoms with van der Waals surface area (Å²) in [5.41, 5.74) is 4.10. The smallest absolute Gasteiger partial charge is 0.201 e. The highest BCUT2D eigenvalue weighted by molar-refractivity contribution is 6.31. The van der Waals surface area contributed by atoms with Gasteiger partial charge < -0.3 is 9.30 Å². The van der Waals surface area contributed by atoms with Gasteiger partial charge in [-0.3, -0.25) is 0 Å². The van der Waals surface area contributed by atoms with Crippen molar-refractivity contribution in [2.24, 2.45) is 0 Å². The molecular weight excluding hydrogens is 436 g/mol. The number of halogens is 1. The number of rotatable bonds is 10. The Morgan fingerprint density at radius 1 is 1.15 bits per heavy atom. The van der Waals surface area contributed by atoms with Crippen LogP contribution < -0.4 is 4.74 Å². The van der Waals surface area contributed by atoms with Crippen molar-refractivity contribution in [2.75, 3.05) is 7.11 Å². The first-order chi connectivity index (χ1) is 16.2. The summed E-state index contributed by atoms with van der Waals surface area (Å²) in [7, 11) is 1.66. The van der Waals surface area contributed by atoms with Gasteiger partial charge in [-0.2, -0.15) is 5.21 Å². The van der Waals surface area contributed by atoms with Gasteiger partial charge in [0.1, 0.15) is 11.6 Å². The molecule has 2 aromatic carbocycles. The zero-order valence-corrected chi connectivity index (χ0v) is 19.6. The molecule has 0 saturated heterocycles. The van der Waals surface area contributed by atoms with Crippen LogP contribution in [0, 0.1) is 0 Å². The lowest BCUT2D eigenvalue weighted by Gasteiger charge is -2.13. The fourth-order valence-electron chi connectivity index (χ4n) is 3.69. The van der Waals surface area contributed by atoms with Crippen molar-refractivity contribution in [3.63, 3.8) is 0 Å². The second kappa shape index (κ2) is 10.9. The third-order valence-corrected chi connectivity index (χ3v) is 5.89. The summed E-state index contributed by atoms with van der Waals surface area (Å²) in [4.78, 5) is 4.74. The molecule has 4 aromatic rings. The van der Waals surface area contributed by atoms with Crippen LogP contribution in [0.4, 0.5) is 0 Å². The maximum absolute atomic E-state index is 6.48. The second-order valence-electron chi connectivity index (χ2n) is 7.81. The van der Waals surface area contributed by atoms with Crippen molar-refractivity contribution in [3.8, 4) is 5.75 Å². The molecule has 2 heterocycles. The van der Waals surface area contributed by atoms with E-state index in [-0.39, 0.29) is 0 Å². The third-order valence-electron chi connectivity index (χ3n) is 5.52. The Bertz CT molecular complexity index is 1200. The summed E-state index contributed by atoms with van der Waals surface area (Å²) in [5.74, 6) is 2.42. The number of aromatic nitrogens is 6. The van der Waals surface area contributed by atoms with E-state index >= 15 is 0 Å². The molecule has 4 rings (SSSR count). The first kappa shape index (κ1) is 22.7. The number of H-pyrrole nitrogens is 1. The summed E-state index contributed by atoms with van der Waals surface area (Å²) in [6.07, 6.45) is 7.74. The van der Waals surface area contributed by atoms with Crippen molar-refractivity contribution in [1.29, 1.82) is 0 Å². The van der Waals surface area contributed by atoms with Crippen LogP contribution in [0.1, 0.15) is 48.2 Å². The van der Waals surface area contributed by atoms with E-state index in [0.29, 0.717) is 18.8 Å². The lowest BCUT2D eigenvalue weighted by molar-refractivity contribution is 0.414. The summed E-state index contributed by atoms with van der Waals surface area (Å²) < 4.78 is 7.51. The molecule has 0 saturated carbocycles. The number of aryl methyl sites for hydroxylation is 1. The van der Waals surface area contributed by atoms with Crippen LogP contribution in [-0.2, 0) is 19.4 Å². The van der Waals surface area contributed by atoms with E-state index in [0.717, 1.165) is 58.3 Å². The molecule has 8 heteroatoms. The molecule has 7 nitrogen and oxygen atoms in total. The number of hydrogen-bond acceptors (Lipinski definition) is 5. The average molecular weight is 463 g/mol. The van der Waals surface area contributed by atoms with Gasteiger partial charge in [0.15, 0.2) is 0 Å². The van der Waals surface area contributed by atoms with E-state index in [1.165, 1.54) is 0 Å². The maximum Gasteiger partial charge on any atom is 0.201 e. The Morgan fingerprint density at radius 2 is 1.97 bits per heavy atom. The van der Waals surface area contributed by atoms with E-state index < -0.39 is 0 Å². The topological polar surface area (TPSA) is 81.5 Å². The minimum absolute atomic E-state index is 0.561. The molecule has 0 unspecified atom stereocenters. The first-order valence-corrected chi connectivity index (χ1v) is 11.4. The predicted octanol–water partition coefficient (Wildman–Crippen LogP) is 5.23. The number of unbranched alkanes of at least 4 members (excludes halogenated alkanes) is 1. The minimum Gasteiger partial charge on any atom is -0.497 e. The van der Waals surface area contributed by atoms with E-state index in [9.17, 15) is 0 Å². The first-order valence-electron chi connectivity index (χ1n) is 11.0. The Morgan fingerprint density at radius 3 is 2.67 bits per heavy atom. The molecule has 0 amide bonds. The molecule has 2 aromatic heterocycles. The molecule has 33 heavy (non-hydrogen) atoms. The van der Waals surface area contributed by atoms with Gasteiger partial charge in [0.2, 0.25) is 5.82 Å². The normalized spacial score (nSPS) is 11.7. The molecule has 170 valence electrons. The Hall–Kier alpha value is -3.45. The highest BCUT2D eigenvalue weighted by atomic mass is 35.5. The number of nitrogens with one attached hydrogen (secondary N) is 1. The molecule has 0 aliphatic heterocycles. The van der Waals surface area contributed by atoms with Gasteiger partial charge in [-0.1, -0.05) is 55.3 Å². The molecule has 0 radical (unpaired) electrons. The van der Waals surface area contributed by atoms with E-state index in [1.807, 2.05) is 48.7 Å². The monoisotopic (exact) mass is 462 g/mol. The van der Waals surface area contributed by atoms with Crippen LogP contribution in [-0.4, -0.2) is 37.3 Å². The van der Waals surface area contributed by atoms with Gasteiger partial charge in [0.25, 0.3) is 0 Å². The molecule has 1 N–H and O–H groups in total. The number of benzene rings is 2. The SMILES string of the molecule is CCCCc1ncc(/C=C(\Cc2ccc(OC)cc2)c2nn[nH]n2)n1Cc1ccccc1Cl. The largest absolute Gasteiger partial charge is 0.497 e. The highest BCUT2D eigenvalue weighted by Gasteiger charge is 2.14. The van der Waals surface area contributed by atoms with Gasteiger partial charge in [-0.15, -0.1) is 10.2 Å². The zero-order chi connectivity index (χ0) is 23.0. The highest BCUT2D eigenvalue weighted by Crippen LogP contribution is 2.24. The van der Waals surface area contributed by atoms with Gasteiger partial charge in [0, 0.05) is 23.4 Å². The van der Waals surface area contributed by atoms with Crippen LogP contribution in [0.5, 0.6) is 5.75 Å². The molecular formula is C25H27ClN6O. The predicted molar refractivity (Wildman–Crippen MR) is 130 cm³/mol. The Labute approximate surface area is 198 Å². The van der Waals surface area contributed by atoms with Crippen LogP contribution in [0.25, 0.3) is 11.6 Å².